The first-order valence-electron chi connectivity index (χ1n) is 5.13. The standard InChI is InChI=1S/C12H13N3OS/c1-8-5-9(12(13)14)6-11(15-8)16-7-10-3-2-4-17-10/h2-6H,7H2,1H3,(H3,13,14). The first-order valence-corrected chi connectivity index (χ1v) is 6.01. The zero-order chi connectivity index (χ0) is 12.3. The van der Waals surface area contributed by atoms with Crippen LogP contribution in [0.4, 0.5) is 0 Å². The smallest absolute Gasteiger partial charge is 0.214 e. The van der Waals surface area contributed by atoms with Gasteiger partial charge >= 0.3 is 0 Å². The Morgan fingerprint density at radius 2 is 2.35 bits per heavy atom. The molecule has 0 aliphatic carbocycles. The van der Waals surface area contributed by atoms with E-state index in [0.717, 1.165) is 10.6 Å². The summed E-state index contributed by atoms with van der Waals surface area (Å²) in [6.45, 7) is 2.34. The van der Waals surface area contributed by atoms with Crippen molar-refractivity contribution < 1.29 is 4.74 Å². The van der Waals surface area contributed by atoms with Crippen molar-refractivity contribution in [1.82, 2.24) is 4.98 Å². The van der Waals surface area contributed by atoms with Crippen LogP contribution in [-0.4, -0.2) is 10.8 Å². The quantitative estimate of drug-likeness (QED) is 0.643. The summed E-state index contributed by atoms with van der Waals surface area (Å²) in [6.07, 6.45) is 0. The highest BCUT2D eigenvalue weighted by Gasteiger charge is 2.04. The van der Waals surface area contributed by atoms with Crippen LogP contribution < -0.4 is 10.5 Å². The second-order valence-electron chi connectivity index (χ2n) is 3.62. The third-order valence-corrected chi connectivity index (χ3v) is 3.03. The highest BCUT2D eigenvalue weighted by atomic mass is 32.1. The van der Waals surface area contributed by atoms with Crippen LogP contribution in [-0.2, 0) is 6.61 Å². The molecule has 2 aromatic heterocycles. The summed E-state index contributed by atoms with van der Waals surface area (Å²) in [5, 5.41) is 9.40. The van der Waals surface area contributed by atoms with Crippen molar-refractivity contribution in [2.45, 2.75) is 13.5 Å². The first kappa shape index (κ1) is 11.6. The molecule has 2 rings (SSSR count). The van der Waals surface area contributed by atoms with Crippen molar-refractivity contribution in [2.75, 3.05) is 0 Å². The lowest BCUT2D eigenvalue weighted by Crippen LogP contribution is -2.12. The number of nitrogen functional groups attached to an aromatic ring is 1. The SMILES string of the molecule is Cc1cc(C(=N)N)cc(OCc2cccs2)n1. The third-order valence-electron chi connectivity index (χ3n) is 2.18. The van der Waals surface area contributed by atoms with Crippen molar-refractivity contribution in [3.05, 3.63) is 45.8 Å². The van der Waals surface area contributed by atoms with Gasteiger partial charge in [-0.25, -0.2) is 4.98 Å². The minimum absolute atomic E-state index is 0.0245. The molecule has 0 aromatic carbocycles. The first-order chi connectivity index (χ1) is 8.15. The van der Waals surface area contributed by atoms with Crippen molar-refractivity contribution in [3.63, 3.8) is 0 Å². The second kappa shape index (κ2) is 4.97. The van der Waals surface area contributed by atoms with Crippen LogP contribution in [0.1, 0.15) is 16.1 Å². The number of nitrogens with two attached hydrogens (primary N) is 1. The Kier molecular flexibility index (Phi) is 3.39. The largest absolute Gasteiger partial charge is 0.472 e. The van der Waals surface area contributed by atoms with E-state index in [9.17, 15) is 0 Å². The van der Waals surface area contributed by atoms with Gasteiger partial charge in [0.25, 0.3) is 0 Å². The van der Waals surface area contributed by atoms with E-state index in [-0.39, 0.29) is 5.84 Å². The van der Waals surface area contributed by atoms with Gasteiger partial charge in [0.2, 0.25) is 5.88 Å². The number of aromatic nitrogens is 1. The number of nitrogens with zero attached hydrogens (tertiary/aromatic N) is 1. The van der Waals surface area contributed by atoms with Crippen molar-refractivity contribution in [3.8, 4) is 5.88 Å². The van der Waals surface area contributed by atoms with Gasteiger partial charge in [-0.2, -0.15) is 0 Å². The van der Waals surface area contributed by atoms with E-state index in [1.54, 1.807) is 23.5 Å². The Labute approximate surface area is 104 Å². The maximum atomic E-state index is 7.40. The summed E-state index contributed by atoms with van der Waals surface area (Å²) in [5.41, 5.74) is 6.87. The number of pyridine rings is 1. The molecular formula is C12H13N3OS. The molecule has 0 amide bonds. The van der Waals surface area contributed by atoms with E-state index in [4.69, 9.17) is 15.9 Å². The molecule has 0 fully saturated rings. The molecule has 0 aliphatic heterocycles. The Morgan fingerprint density at radius 3 is 3.00 bits per heavy atom. The van der Waals surface area contributed by atoms with Crippen LogP contribution in [0.25, 0.3) is 0 Å². The van der Waals surface area contributed by atoms with Crippen LogP contribution in [0, 0.1) is 12.3 Å². The highest BCUT2D eigenvalue weighted by molar-refractivity contribution is 7.09. The summed E-state index contributed by atoms with van der Waals surface area (Å²) in [4.78, 5) is 5.38. The second-order valence-corrected chi connectivity index (χ2v) is 4.65. The number of aryl methyl sites for hydroxylation is 1. The number of hydrogen-bond acceptors (Lipinski definition) is 4. The maximum Gasteiger partial charge on any atom is 0.214 e. The molecule has 88 valence electrons. The Bertz CT molecular complexity index is 523. The molecule has 3 N–H and O–H groups in total. The lowest BCUT2D eigenvalue weighted by Gasteiger charge is -2.07. The molecule has 2 heterocycles. The van der Waals surface area contributed by atoms with Crippen LogP contribution in [0.5, 0.6) is 5.88 Å². The predicted molar refractivity (Wildman–Crippen MR) is 68.6 cm³/mol. The van der Waals surface area contributed by atoms with Crippen LogP contribution in [0.2, 0.25) is 0 Å². The van der Waals surface area contributed by atoms with E-state index >= 15 is 0 Å². The van der Waals surface area contributed by atoms with Gasteiger partial charge in [0, 0.05) is 22.2 Å². The van der Waals surface area contributed by atoms with Gasteiger partial charge in [0.15, 0.2) is 0 Å². The van der Waals surface area contributed by atoms with Gasteiger partial charge in [-0.1, -0.05) is 6.07 Å². The van der Waals surface area contributed by atoms with E-state index in [0.29, 0.717) is 18.1 Å². The van der Waals surface area contributed by atoms with Crippen LogP contribution >= 0.6 is 11.3 Å². The summed E-state index contributed by atoms with van der Waals surface area (Å²) in [5.74, 6) is 0.528. The Hall–Kier alpha value is -1.88. The number of rotatable bonds is 4. The monoisotopic (exact) mass is 247 g/mol. The fourth-order valence-electron chi connectivity index (χ4n) is 1.41. The normalized spacial score (nSPS) is 10.2. The Balaban J connectivity index is 2.13. The minimum Gasteiger partial charge on any atom is -0.472 e. The van der Waals surface area contributed by atoms with Crippen molar-refractivity contribution in [1.29, 1.82) is 5.41 Å². The zero-order valence-electron chi connectivity index (χ0n) is 9.43. The Morgan fingerprint density at radius 1 is 1.53 bits per heavy atom. The average molecular weight is 247 g/mol. The third kappa shape index (κ3) is 3.04. The molecule has 17 heavy (non-hydrogen) atoms. The maximum absolute atomic E-state index is 7.40. The molecule has 0 saturated heterocycles. The van der Waals surface area contributed by atoms with Crippen molar-refractivity contribution in [2.24, 2.45) is 5.73 Å². The summed E-state index contributed by atoms with van der Waals surface area (Å²) >= 11 is 1.64. The fraction of sp³-hybridized carbons (Fsp3) is 0.167. The number of ether oxygens (including phenoxy) is 1. The molecule has 0 aliphatic rings. The predicted octanol–water partition coefficient (Wildman–Crippen LogP) is 2.31. The van der Waals surface area contributed by atoms with E-state index < -0.39 is 0 Å². The molecule has 0 saturated carbocycles. The highest BCUT2D eigenvalue weighted by Crippen LogP contribution is 2.15. The molecule has 0 radical (unpaired) electrons. The van der Waals surface area contributed by atoms with E-state index in [1.807, 2.05) is 24.4 Å². The van der Waals surface area contributed by atoms with E-state index in [2.05, 4.69) is 4.98 Å². The minimum atomic E-state index is 0.0245. The summed E-state index contributed by atoms with van der Waals surface area (Å²) < 4.78 is 5.57. The molecule has 5 heteroatoms. The molecule has 0 atom stereocenters. The van der Waals surface area contributed by atoms with Gasteiger partial charge in [-0.3, -0.25) is 5.41 Å². The number of hydrogen-bond donors (Lipinski definition) is 2. The van der Waals surface area contributed by atoms with Gasteiger partial charge < -0.3 is 10.5 Å². The van der Waals surface area contributed by atoms with Gasteiger partial charge in [-0.05, 0) is 24.4 Å². The van der Waals surface area contributed by atoms with E-state index in [1.165, 1.54) is 0 Å². The lowest BCUT2D eigenvalue weighted by atomic mass is 10.2. The molecule has 2 aromatic rings. The average Bonchev–Trinajstić information content (AvgIpc) is 2.78. The number of amidine groups is 1. The van der Waals surface area contributed by atoms with Crippen LogP contribution in [0.3, 0.4) is 0 Å². The number of nitrogens with one attached hydrogen (secondary N) is 1. The molecule has 0 spiro atoms. The molecule has 0 unspecified atom stereocenters. The summed E-state index contributed by atoms with van der Waals surface area (Å²) in [7, 11) is 0. The molecule has 4 nitrogen and oxygen atoms in total. The van der Waals surface area contributed by atoms with Gasteiger partial charge in [0.1, 0.15) is 12.4 Å². The topological polar surface area (TPSA) is 72.0 Å². The van der Waals surface area contributed by atoms with Crippen molar-refractivity contribution >= 4 is 17.2 Å². The summed E-state index contributed by atoms with van der Waals surface area (Å²) in [6, 6.07) is 7.43. The zero-order valence-corrected chi connectivity index (χ0v) is 10.3. The van der Waals surface area contributed by atoms with Gasteiger partial charge in [-0.15, -0.1) is 11.3 Å². The van der Waals surface area contributed by atoms with Crippen LogP contribution in [0.15, 0.2) is 29.6 Å². The van der Waals surface area contributed by atoms with Gasteiger partial charge in [0.05, 0.1) is 0 Å². The lowest BCUT2D eigenvalue weighted by molar-refractivity contribution is 0.296. The molecule has 0 bridgehead atoms. The fourth-order valence-corrected chi connectivity index (χ4v) is 2.02. The number of thiophene rings is 1. The molecular weight excluding hydrogens is 234 g/mol.